The molecule has 0 amide bonds. The predicted octanol–water partition coefficient (Wildman–Crippen LogP) is 0.701. The predicted molar refractivity (Wildman–Crippen MR) is 56.6 cm³/mol. The van der Waals surface area contributed by atoms with Gasteiger partial charge in [-0.1, -0.05) is 6.92 Å². The van der Waals surface area contributed by atoms with Crippen LogP contribution in [-0.2, 0) is 9.84 Å². The third kappa shape index (κ3) is 6.87. The molecule has 0 aromatic heterocycles. The SMILES string of the molecule is CC[C@H](CC#N)N[C@@H](C)CS(C)(=O)=O. The van der Waals surface area contributed by atoms with E-state index in [0.717, 1.165) is 6.42 Å². The molecule has 0 unspecified atom stereocenters. The molecule has 0 aromatic rings. The van der Waals surface area contributed by atoms with Gasteiger partial charge in [-0.3, -0.25) is 0 Å². The van der Waals surface area contributed by atoms with E-state index in [2.05, 4.69) is 11.4 Å². The summed E-state index contributed by atoms with van der Waals surface area (Å²) in [5.41, 5.74) is 0. The number of rotatable bonds is 6. The van der Waals surface area contributed by atoms with Crippen molar-refractivity contribution in [1.82, 2.24) is 5.32 Å². The molecule has 0 saturated heterocycles. The quantitative estimate of drug-likeness (QED) is 0.712. The second-order valence-corrected chi connectivity index (χ2v) is 5.81. The third-order valence-corrected chi connectivity index (χ3v) is 3.01. The van der Waals surface area contributed by atoms with Crippen LogP contribution in [0, 0.1) is 11.3 Å². The Kier molecular flexibility index (Phi) is 5.73. The maximum Gasteiger partial charge on any atom is 0.148 e. The van der Waals surface area contributed by atoms with Gasteiger partial charge < -0.3 is 5.32 Å². The summed E-state index contributed by atoms with van der Waals surface area (Å²) in [4.78, 5) is 0. The third-order valence-electron chi connectivity index (χ3n) is 1.90. The molecule has 4 nitrogen and oxygen atoms in total. The van der Waals surface area contributed by atoms with Crippen LogP contribution in [0.2, 0.25) is 0 Å². The number of hydrogen-bond acceptors (Lipinski definition) is 4. The minimum Gasteiger partial charge on any atom is -0.309 e. The van der Waals surface area contributed by atoms with Gasteiger partial charge in [-0.15, -0.1) is 0 Å². The highest BCUT2D eigenvalue weighted by molar-refractivity contribution is 7.90. The van der Waals surface area contributed by atoms with Crippen LogP contribution >= 0.6 is 0 Å². The van der Waals surface area contributed by atoms with Crippen molar-refractivity contribution in [3.8, 4) is 6.07 Å². The van der Waals surface area contributed by atoms with E-state index in [1.54, 1.807) is 0 Å². The highest BCUT2D eigenvalue weighted by atomic mass is 32.2. The first-order valence-electron chi connectivity index (χ1n) is 4.69. The van der Waals surface area contributed by atoms with Crippen molar-refractivity contribution >= 4 is 9.84 Å². The molecule has 0 bridgehead atoms. The van der Waals surface area contributed by atoms with Gasteiger partial charge in [-0.05, 0) is 13.3 Å². The van der Waals surface area contributed by atoms with Crippen LogP contribution in [0.15, 0.2) is 0 Å². The van der Waals surface area contributed by atoms with Crippen LogP contribution in [0.5, 0.6) is 0 Å². The Hall–Kier alpha value is -0.600. The average Bonchev–Trinajstić information content (AvgIpc) is 2.00. The van der Waals surface area contributed by atoms with Gasteiger partial charge in [-0.2, -0.15) is 5.26 Å². The lowest BCUT2D eigenvalue weighted by atomic mass is 10.1. The molecule has 82 valence electrons. The topological polar surface area (TPSA) is 70.0 Å². The summed E-state index contributed by atoms with van der Waals surface area (Å²) in [6, 6.07) is 2.08. The van der Waals surface area contributed by atoms with Gasteiger partial charge in [0, 0.05) is 18.3 Å². The fourth-order valence-corrected chi connectivity index (χ4v) is 2.34. The largest absolute Gasteiger partial charge is 0.309 e. The molecule has 0 rings (SSSR count). The van der Waals surface area contributed by atoms with E-state index in [9.17, 15) is 8.42 Å². The van der Waals surface area contributed by atoms with Crippen molar-refractivity contribution in [1.29, 1.82) is 5.26 Å². The maximum absolute atomic E-state index is 11.0. The van der Waals surface area contributed by atoms with Gasteiger partial charge in [0.15, 0.2) is 0 Å². The maximum atomic E-state index is 11.0. The molecule has 0 saturated carbocycles. The summed E-state index contributed by atoms with van der Waals surface area (Å²) in [7, 11) is -2.94. The monoisotopic (exact) mass is 218 g/mol. The fourth-order valence-electron chi connectivity index (χ4n) is 1.34. The molecule has 1 N–H and O–H groups in total. The second kappa shape index (κ2) is 5.99. The molecule has 0 spiro atoms. The van der Waals surface area contributed by atoms with Crippen molar-refractivity contribution < 1.29 is 8.42 Å². The van der Waals surface area contributed by atoms with Crippen LogP contribution in [-0.4, -0.2) is 32.5 Å². The second-order valence-electron chi connectivity index (χ2n) is 3.63. The Bertz CT molecular complexity index is 292. The molecule has 0 aliphatic heterocycles. The number of nitrogens with one attached hydrogen (secondary N) is 1. The Morgan fingerprint density at radius 1 is 1.50 bits per heavy atom. The summed E-state index contributed by atoms with van der Waals surface area (Å²) in [5.74, 6) is 0.120. The van der Waals surface area contributed by atoms with E-state index in [4.69, 9.17) is 5.26 Å². The lowest BCUT2D eigenvalue weighted by Crippen LogP contribution is -2.39. The Balaban J connectivity index is 4.04. The number of sulfone groups is 1. The van der Waals surface area contributed by atoms with Crippen LogP contribution in [0.1, 0.15) is 26.7 Å². The van der Waals surface area contributed by atoms with E-state index in [-0.39, 0.29) is 17.8 Å². The van der Waals surface area contributed by atoms with Crippen molar-refractivity contribution in [3.05, 3.63) is 0 Å². The molecule has 0 fully saturated rings. The Labute approximate surface area is 86.2 Å². The Morgan fingerprint density at radius 2 is 2.07 bits per heavy atom. The molecule has 0 aromatic carbocycles. The van der Waals surface area contributed by atoms with Gasteiger partial charge in [0.05, 0.1) is 18.2 Å². The van der Waals surface area contributed by atoms with Crippen molar-refractivity contribution in [3.63, 3.8) is 0 Å². The lowest BCUT2D eigenvalue weighted by Gasteiger charge is -2.19. The van der Waals surface area contributed by atoms with E-state index >= 15 is 0 Å². The van der Waals surface area contributed by atoms with E-state index in [1.165, 1.54) is 6.26 Å². The van der Waals surface area contributed by atoms with Gasteiger partial charge in [0.2, 0.25) is 0 Å². The van der Waals surface area contributed by atoms with Crippen LogP contribution in [0.3, 0.4) is 0 Å². The van der Waals surface area contributed by atoms with Crippen molar-refractivity contribution in [2.45, 2.75) is 38.8 Å². The summed E-state index contributed by atoms with van der Waals surface area (Å²) in [6.07, 6.45) is 2.47. The first kappa shape index (κ1) is 13.4. The van der Waals surface area contributed by atoms with Gasteiger partial charge in [0.1, 0.15) is 9.84 Å². The molecule has 14 heavy (non-hydrogen) atoms. The molecular formula is C9H18N2O2S. The average molecular weight is 218 g/mol. The molecule has 0 radical (unpaired) electrons. The first-order valence-corrected chi connectivity index (χ1v) is 6.75. The van der Waals surface area contributed by atoms with Crippen LogP contribution in [0.4, 0.5) is 0 Å². The first-order chi connectivity index (χ1) is 6.39. The number of nitriles is 1. The zero-order valence-corrected chi connectivity index (χ0v) is 9.76. The highest BCUT2D eigenvalue weighted by Gasteiger charge is 2.14. The van der Waals surface area contributed by atoms with E-state index in [1.807, 2.05) is 13.8 Å². The van der Waals surface area contributed by atoms with Crippen LogP contribution < -0.4 is 5.32 Å². The number of nitrogens with zero attached hydrogens (tertiary/aromatic N) is 1. The minimum atomic E-state index is -2.94. The summed E-state index contributed by atoms with van der Waals surface area (Å²) in [6.45, 7) is 3.79. The number of hydrogen-bond donors (Lipinski definition) is 1. The minimum absolute atomic E-state index is 0.0942. The Morgan fingerprint density at radius 3 is 2.43 bits per heavy atom. The fraction of sp³-hybridized carbons (Fsp3) is 0.889. The molecule has 0 heterocycles. The standard InChI is InChI=1S/C9H18N2O2S/c1-4-9(5-6-10)11-8(2)7-14(3,12)13/h8-9,11H,4-5,7H2,1-3H3/t8-,9+/m0/s1. The molecular weight excluding hydrogens is 200 g/mol. The van der Waals surface area contributed by atoms with Gasteiger partial charge >= 0.3 is 0 Å². The highest BCUT2D eigenvalue weighted by Crippen LogP contribution is 1.99. The molecule has 5 heteroatoms. The smallest absolute Gasteiger partial charge is 0.148 e. The molecule has 2 atom stereocenters. The zero-order valence-electron chi connectivity index (χ0n) is 8.95. The van der Waals surface area contributed by atoms with Gasteiger partial charge in [-0.25, -0.2) is 8.42 Å². The van der Waals surface area contributed by atoms with E-state index in [0.29, 0.717) is 6.42 Å². The molecule has 0 aliphatic carbocycles. The summed E-state index contributed by atoms with van der Waals surface area (Å²) >= 11 is 0. The van der Waals surface area contributed by atoms with E-state index < -0.39 is 9.84 Å². The van der Waals surface area contributed by atoms with Crippen molar-refractivity contribution in [2.75, 3.05) is 12.0 Å². The van der Waals surface area contributed by atoms with Crippen LogP contribution in [0.25, 0.3) is 0 Å². The molecule has 0 aliphatic rings. The zero-order chi connectivity index (χ0) is 11.2. The summed E-state index contributed by atoms with van der Waals surface area (Å²) < 4.78 is 21.9. The lowest BCUT2D eigenvalue weighted by molar-refractivity contribution is 0.455. The summed E-state index contributed by atoms with van der Waals surface area (Å²) in [5, 5.41) is 11.6. The van der Waals surface area contributed by atoms with Gasteiger partial charge in [0.25, 0.3) is 0 Å². The normalized spacial score (nSPS) is 15.9. The van der Waals surface area contributed by atoms with Crippen molar-refractivity contribution in [2.24, 2.45) is 0 Å².